The van der Waals surface area contributed by atoms with Crippen LogP contribution in [0.4, 0.5) is 4.79 Å². The van der Waals surface area contributed by atoms with Crippen LogP contribution in [-0.4, -0.2) is 34.7 Å². The smallest absolute Gasteiger partial charge is 0.410 e. The van der Waals surface area contributed by atoms with E-state index >= 15 is 0 Å². The molecule has 2 atom stereocenters. The third-order valence-corrected chi connectivity index (χ3v) is 2.72. The van der Waals surface area contributed by atoms with Crippen molar-refractivity contribution >= 4 is 17.7 Å². The van der Waals surface area contributed by atoms with E-state index in [9.17, 15) is 9.70 Å². The van der Waals surface area contributed by atoms with Gasteiger partial charge in [0.2, 0.25) is 0 Å². The molecule has 0 bridgehead atoms. The molecule has 5 nitrogen and oxygen atoms in total. The molecule has 16 heavy (non-hydrogen) atoms. The van der Waals surface area contributed by atoms with Crippen molar-refractivity contribution in [2.45, 2.75) is 50.8 Å². The zero-order valence-corrected chi connectivity index (χ0v) is 10.5. The van der Waals surface area contributed by atoms with E-state index in [1.807, 2.05) is 0 Å². The number of nitroso groups, excluding NO2 is 1. The molecule has 0 spiro atoms. The third kappa shape index (κ3) is 3.33. The van der Waals surface area contributed by atoms with Crippen LogP contribution < -0.4 is 0 Å². The molecule has 0 N–H and O–H groups in total. The van der Waals surface area contributed by atoms with Gasteiger partial charge in [-0.2, -0.15) is 0 Å². The average molecular weight is 249 g/mol. The van der Waals surface area contributed by atoms with Crippen LogP contribution in [0.3, 0.4) is 0 Å². The number of alkyl halides is 1. The molecule has 1 rings (SSSR count). The first-order chi connectivity index (χ1) is 7.35. The second-order valence-electron chi connectivity index (χ2n) is 4.86. The number of ether oxygens (including phenoxy) is 1. The fraction of sp³-hybridized carbons (Fsp3) is 0.900. The van der Waals surface area contributed by atoms with Crippen molar-refractivity contribution < 1.29 is 9.53 Å². The Morgan fingerprint density at radius 3 is 2.69 bits per heavy atom. The van der Waals surface area contributed by atoms with Crippen molar-refractivity contribution in [2.24, 2.45) is 5.18 Å². The van der Waals surface area contributed by atoms with Gasteiger partial charge in [-0.1, -0.05) is 11.6 Å². The second-order valence-corrected chi connectivity index (χ2v) is 5.31. The lowest BCUT2D eigenvalue weighted by molar-refractivity contribution is 0.0224. The predicted molar refractivity (Wildman–Crippen MR) is 61.4 cm³/mol. The number of amides is 1. The maximum absolute atomic E-state index is 11.8. The number of nitrogens with zero attached hydrogens (tertiary/aromatic N) is 2. The van der Waals surface area contributed by atoms with E-state index in [1.165, 1.54) is 4.90 Å². The molecule has 92 valence electrons. The zero-order valence-electron chi connectivity index (χ0n) is 9.77. The van der Waals surface area contributed by atoms with Crippen LogP contribution in [0.2, 0.25) is 0 Å². The van der Waals surface area contributed by atoms with Crippen LogP contribution in [0.5, 0.6) is 0 Å². The van der Waals surface area contributed by atoms with Crippen molar-refractivity contribution in [1.29, 1.82) is 0 Å². The van der Waals surface area contributed by atoms with Crippen LogP contribution in [0.1, 0.15) is 33.6 Å². The Kier molecular flexibility index (Phi) is 4.13. The minimum absolute atomic E-state index is 0.339. The first-order valence-corrected chi connectivity index (χ1v) is 5.75. The molecule has 0 saturated carbocycles. The first kappa shape index (κ1) is 13.2. The fourth-order valence-electron chi connectivity index (χ4n) is 1.70. The molecule has 0 aliphatic carbocycles. The maximum atomic E-state index is 11.8. The molecule has 0 aromatic rings. The van der Waals surface area contributed by atoms with Crippen molar-refractivity contribution in [2.75, 3.05) is 6.54 Å². The summed E-state index contributed by atoms with van der Waals surface area (Å²) in [5, 5.41) is 2.77. The van der Waals surface area contributed by atoms with Gasteiger partial charge in [0.25, 0.3) is 0 Å². The topological polar surface area (TPSA) is 59.0 Å². The number of rotatable bonds is 2. The highest BCUT2D eigenvalue weighted by Gasteiger charge is 2.36. The highest BCUT2D eigenvalue weighted by Crippen LogP contribution is 2.25. The molecule has 0 aromatic heterocycles. The molecule has 1 unspecified atom stereocenters. The molecule has 1 aliphatic heterocycles. The zero-order chi connectivity index (χ0) is 12.3. The van der Waals surface area contributed by atoms with Crippen LogP contribution in [0, 0.1) is 4.91 Å². The molecule has 1 fully saturated rings. The molecular weight excluding hydrogens is 232 g/mol. The van der Waals surface area contributed by atoms with Crippen LogP contribution in [0.25, 0.3) is 0 Å². The van der Waals surface area contributed by atoms with Gasteiger partial charge in [-0.05, 0) is 38.8 Å². The van der Waals surface area contributed by atoms with Gasteiger partial charge in [0.05, 0.1) is 6.04 Å². The molecule has 1 amide bonds. The van der Waals surface area contributed by atoms with Crippen LogP contribution >= 0.6 is 11.6 Å². The van der Waals surface area contributed by atoms with E-state index in [0.29, 0.717) is 13.0 Å². The summed E-state index contributed by atoms with van der Waals surface area (Å²) >= 11 is 5.75. The number of halogens is 1. The highest BCUT2D eigenvalue weighted by molar-refractivity contribution is 6.21. The quantitative estimate of drug-likeness (QED) is 0.429. The van der Waals surface area contributed by atoms with E-state index in [2.05, 4.69) is 5.18 Å². The van der Waals surface area contributed by atoms with Gasteiger partial charge in [-0.25, -0.2) is 4.79 Å². The van der Waals surface area contributed by atoms with Crippen molar-refractivity contribution in [3.63, 3.8) is 0 Å². The van der Waals surface area contributed by atoms with Gasteiger partial charge in [-0.15, -0.1) is 4.91 Å². The highest BCUT2D eigenvalue weighted by atomic mass is 35.5. The van der Waals surface area contributed by atoms with E-state index in [4.69, 9.17) is 16.3 Å². The Morgan fingerprint density at radius 1 is 1.56 bits per heavy atom. The minimum atomic E-state index is -0.894. The molecular formula is C10H17ClN2O3. The van der Waals surface area contributed by atoms with Gasteiger partial charge >= 0.3 is 6.09 Å². The lowest BCUT2D eigenvalue weighted by Crippen LogP contribution is -2.43. The summed E-state index contributed by atoms with van der Waals surface area (Å²) in [6, 6.07) is -0.339. The van der Waals surface area contributed by atoms with Gasteiger partial charge in [-0.3, -0.25) is 0 Å². The SMILES string of the molecule is CC(C)(C)OC(=O)N1CCC[C@@H]1C(Cl)N=O. The summed E-state index contributed by atoms with van der Waals surface area (Å²) in [6.45, 7) is 5.96. The molecule has 0 radical (unpaired) electrons. The lowest BCUT2D eigenvalue weighted by atomic mass is 10.2. The predicted octanol–water partition coefficient (Wildman–Crippen LogP) is 2.72. The van der Waals surface area contributed by atoms with Crippen LogP contribution in [0.15, 0.2) is 5.18 Å². The van der Waals surface area contributed by atoms with Crippen molar-refractivity contribution in [1.82, 2.24) is 4.90 Å². The average Bonchev–Trinajstić information content (AvgIpc) is 2.62. The van der Waals surface area contributed by atoms with E-state index in [-0.39, 0.29) is 6.04 Å². The lowest BCUT2D eigenvalue weighted by Gasteiger charge is -2.28. The number of likely N-dealkylation sites (tertiary alicyclic amines) is 1. The Bertz CT molecular complexity index is 278. The first-order valence-electron chi connectivity index (χ1n) is 5.31. The Morgan fingerprint density at radius 2 is 2.19 bits per heavy atom. The Balaban J connectivity index is 2.64. The number of hydrogen-bond donors (Lipinski definition) is 0. The number of carbonyl (C=O) groups excluding carboxylic acids is 1. The second kappa shape index (κ2) is 4.99. The van der Waals surface area contributed by atoms with Crippen molar-refractivity contribution in [3.8, 4) is 0 Å². The van der Waals surface area contributed by atoms with E-state index in [0.717, 1.165) is 6.42 Å². The summed E-state index contributed by atoms with van der Waals surface area (Å²) in [5.41, 5.74) is -1.43. The van der Waals surface area contributed by atoms with Crippen LogP contribution in [-0.2, 0) is 4.74 Å². The summed E-state index contributed by atoms with van der Waals surface area (Å²) < 4.78 is 5.23. The standard InChI is InChI=1S/C10H17ClN2O3/c1-10(2,3)16-9(14)13-6-4-5-7(13)8(11)12-15/h7-8H,4-6H2,1-3H3/t7-,8?/m1/s1. The van der Waals surface area contributed by atoms with Gasteiger partial charge in [0, 0.05) is 6.54 Å². The molecule has 1 saturated heterocycles. The van der Waals surface area contributed by atoms with E-state index < -0.39 is 17.2 Å². The number of hydrogen-bond acceptors (Lipinski definition) is 4. The Hall–Kier alpha value is -0.840. The largest absolute Gasteiger partial charge is 0.444 e. The monoisotopic (exact) mass is 248 g/mol. The molecule has 6 heteroatoms. The number of carbonyl (C=O) groups is 1. The molecule has 0 aromatic carbocycles. The molecule has 1 heterocycles. The van der Waals surface area contributed by atoms with Gasteiger partial charge in [0.1, 0.15) is 5.60 Å². The summed E-state index contributed by atoms with van der Waals surface area (Å²) in [4.78, 5) is 23.7. The normalized spacial score (nSPS) is 23.0. The third-order valence-electron chi connectivity index (χ3n) is 2.35. The Labute approximate surface area is 100 Å². The molecule has 1 aliphatic rings. The fourth-order valence-corrected chi connectivity index (χ4v) is 1.96. The maximum Gasteiger partial charge on any atom is 0.410 e. The summed E-state index contributed by atoms with van der Waals surface area (Å²) in [5.74, 6) is 0. The minimum Gasteiger partial charge on any atom is -0.444 e. The van der Waals surface area contributed by atoms with E-state index in [1.54, 1.807) is 20.8 Å². The van der Waals surface area contributed by atoms with Gasteiger partial charge < -0.3 is 9.64 Å². The summed E-state index contributed by atoms with van der Waals surface area (Å²) in [6.07, 6.45) is 1.09. The van der Waals surface area contributed by atoms with Crippen molar-refractivity contribution in [3.05, 3.63) is 4.91 Å². The summed E-state index contributed by atoms with van der Waals surface area (Å²) in [7, 11) is 0. The van der Waals surface area contributed by atoms with Gasteiger partial charge in [0.15, 0.2) is 5.50 Å².